The van der Waals surface area contributed by atoms with Crippen molar-refractivity contribution in [3.05, 3.63) is 42.7 Å². The van der Waals surface area contributed by atoms with Crippen molar-refractivity contribution in [2.45, 2.75) is 23.9 Å². The highest BCUT2D eigenvalue weighted by atomic mass is 32.2. The quantitative estimate of drug-likeness (QED) is 0.568. The van der Waals surface area contributed by atoms with E-state index in [1.54, 1.807) is 6.26 Å². The first-order chi connectivity index (χ1) is 11.8. The van der Waals surface area contributed by atoms with E-state index >= 15 is 0 Å². The minimum Gasteiger partial charge on any atom is -0.461 e. The van der Waals surface area contributed by atoms with E-state index in [9.17, 15) is 4.79 Å². The van der Waals surface area contributed by atoms with Gasteiger partial charge in [0.1, 0.15) is 5.03 Å². The molecular weight excluding hydrogens is 322 g/mol. The molecule has 0 bridgehead atoms. The molecule has 0 radical (unpaired) electrons. The molecule has 0 saturated carbocycles. The van der Waals surface area contributed by atoms with E-state index in [2.05, 4.69) is 15.3 Å². The van der Waals surface area contributed by atoms with Gasteiger partial charge >= 0.3 is 0 Å². The second-order valence-corrected chi connectivity index (χ2v) is 6.71. The predicted molar refractivity (Wildman–Crippen MR) is 94.0 cm³/mol. The molecule has 1 saturated heterocycles. The number of hydrogen-bond acceptors (Lipinski definition) is 6. The normalized spacial score (nSPS) is 17.4. The van der Waals surface area contributed by atoms with Crippen molar-refractivity contribution in [1.82, 2.24) is 15.3 Å². The second kappa shape index (κ2) is 6.75. The third-order valence-electron chi connectivity index (χ3n) is 4.11. The van der Waals surface area contributed by atoms with Gasteiger partial charge in [0, 0.05) is 5.39 Å². The molecule has 3 aromatic rings. The Bertz CT molecular complexity index is 858. The average molecular weight is 339 g/mol. The molecule has 1 unspecified atom stereocenters. The first-order valence-electron chi connectivity index (χ1n) is 8.01. The van der Waals surface area contributed by atoms with Crippen LogP contribution >= 0.6 is 11.8 Å². The molecule has 1 aliphatic rings. The number of nitrogens with one attached hydrogen (secondary N) is 1. The highest BCUT2D eigenvalue weighted by molar-refractivity contribution is 8.00. The number of aromatic nitrogens is 2. The fourth-order valence-corrected chi connectivity index (χ4v) is 3.83. The summed E-state index contributed by atoms with van der Waals surface area (Å²) in [5.74, 6) is 1.83. The molecule has 6 heteroatoms. The largest absolute Gasteiger partial charge is 0.461 e. The number of ketones is 1. The predicted octanol–water partition coefficient (Wildman–Crippen LogP) is 3.30. The number of fused-ring (bicyclic) bond motifs is 1. The molecule has 2 aromatic heterocycles. The van der Waals surface area contributed by atoms with Gasteiger partial charge < -0.3 is 9.73 Å². The number of nitrogens with zero attached hydrogens (tertiary/aromatic N) is 2. The number of carbonyl (C=O) groups excluding carboxylic acids is 1. The van der Waals surface area contributed by atoms with Crippen LogP contribution in [0.2, 0.25) is 0 Å². The minimum absolute atomic E-state index is 0.00449. The Hall–Kier alpha value is -2.18. The zero-order valence-electron chi connectivity index (χ0n) is 13.1. The van der Waals surface area contributed by atoms with Crippen LogP contribution in [0.4, 0.5) is 0 Å². The van der Waals surface area contributed by atoms with Gasteiger partial charge in [0.25, 0.3) is 0 Å². The van der Waals surface area contributed by atoms with Crippen molar-refractivity contribution in [1.29, 1.82) is 0 Å². The van der Waals surface area contributed by atoms with Gasteiger partial charge in [0.05, 0.1) is 23.6 Å². The van der Waals surface area contributed by atoms with E-state index in [4.69, 9.17) is 4.42 Å². The van der Waals surface area contributed by atoms with Crippen LogP contribution in [0.5, 0.6) is 0 Å². The van der Waals surface area contributed by atoms with Crippen LogP contribution in [0.25, 0.3) is 22.5 Å². The lowest BCUT2D eigenvalue weighted by Gasteiger charge is -2.10. The first-order valence-corrected chi connectivity index (χ1v) is 8.99. The maximum absolute atomic E-state index is 12.3. The molecule has 0 aliphatic carbocycles. The van der Waals surface area contributed by atoms with Crippen molar-refractivity contribution in [3.8, 4) is 11.6 Å². The van der Waals surface area contributed by atoms with Crippen molar-refractivity contribution in [3.63, 3.8) is 0 Å². The fourth-order valence-electron chi connectivity index (χ4n) is 2.87. The standard InChI is InChI=1S/C18H17N3O2S/c22-15(14-7-3-9-19-14)11-24-18-12-5-1-2-6-13(12)20-17(21-18)16-8-4-10-23-16/h1-2,4-6,8,10,14,19H,3,7,9,11H2. The van der Waals surface area contributed by atoms with Crippen LogP contribution < -0.4 is 5.32 Å². The fraction of sp³-hybridized carbons (Fsp3) is 0.278. The Morgan fingerprint density at radius 3 is 2.96 bits per heavy atom. The summed E-state index contributed by atoms with van der Waals surface area (Å²) >= 11 is 1.47. The van der Waals surface area contributed by atoms with Gasteiger partial charge in [0.2, 0.25) is 0 Å². The summed E-state index contributed by atoms with van der Waals surface area (Å²) in [4.78, 5) is 21.5. The maximum Gasteiger partial charge on any atom is 0.197 e. The molecule has 1 aliphatic heterocycles. The Morgan fingerprint density at radius 1 is 1.25 bits per heavy atom. The van der Waals surface area contributed by atoms with Crippen LogP contribution in [0, 0.1) is 0 Å². The molecule has 122 valence electrons. The van der Waals surface area contributed by atoms with Crippen LogP contribution in [0.1, 0.15) is 12.8 Å². The van der Waals surface area contributed by atoms with Crippen molar-refractivity contribution >= 4 is 28.4 Å². The lowest BCUT2D eigenvalue weighted by Crippen LogP contribution is -2.32. The molecule has 5 nitrogen and oxygen atoms in total. The van der Waals surface area contributed by atoms with Gasteiger partial charge in [-0.1, -0.05) is 30.0 Å². The van der Waals surface area contributed by atoms with E-state index in [1.165, 1.54) is 11.8 Å². The van der Waals surface area contributed by atoms with E-state index in [0.29, 0.717) is 17.3 Å². The van der Waals surface area contributed by atoms with Crippen LogP contribution in [0.3, 0.4) is 0 Å². The summed E-state index contributed by atoms with van der Waals surface area (Å²) in [6.07, 6.45) is 3.61. The van der Waals surface area contributed by atoms with E-state index < -0.39 is 0 Å². The molecular formula is C18H17N3O2S. The molecule has 4 rings (SSSR count). The lowest BCUT2D eigenvalue weighted by molar-refractivity contribution is -0.118. The molecule has 3 heterocycles. The van der Waals surface area contributed by atoms with E-state index in [0.717, 1.165) is 35.3 Å². The minimum atomic E-state index is -0.00449. The lowest BCUT2D eigenvalue weighted by atomic mass is 10.2. The molecule has 0 amide bonds. The molecule has 1 atom stereocenters. The van der Waals surface area contributed by atoms with Crippen LogP contribution in [0.15, 0.2) is 52.1 Å². The summed E-state index contributed by atoms with van der Waals surface area (Å²) < 4.78 is 5.42. The number of benzene rings is 1. The van der Waals surface area contributed by atoms with Gasteiger partial charge in [-0.2, -0.15) is 0 Å². The zero-order chi connectivity index (χ0) is 16.4. The highest BCUT2D eigenvalue weighted by Gasteiger charge is 2.22. The van der Waals surface area contributed by atoms with E-state index in [-0.39, 0.29) is 11.8 Å². The third kappa shape index (κ3) is 3.07. The summed E-state index contributed by atoms with van der Waals surface area (Å²) in [5.41, 5.74) is 0.854. The number of rotatable bonds is 5. The molecule has 1 fully saturated rings. The van der Waals surface area contributed by atoms with Crippen molar-refractivity contribution in [2.24, 2.45) is 0 Å². The van der Waals surface area contributed by atoms with Gasteiger partial charge in [-0.3, -0.25) is 4.79 Å². The van der Waals surface area contributed by atoms with Crippen LogP contribution in [-0.4, -0.2) is 34.1 Å². The van der Waals surface area contributed by atoms with Gasteiger partial charge in [0.15, 0.2) is 17.4 Å². The van der Waals surface area contributed by atoms with Gasteiger partial charge in [-0.15, -0.1) is 0 Å². The zero-order valence-corrected chi connectivity index (χ0v) is 13.9. The van der Waals surface area contributed by atoms with Crippen LogP contribution in [-0.2, 0) is 4.79 Å². The van der Waals surface area contributed by atoms with Gasteiger partial charge in [-0.05, 0) is 37.6 Å². The topological polar surface area (TPSA) is 68.0 Å². The number of para-hydroxylation sites is 1. The number of Topliss-reactive ketones (excluding diaryl/α,β-unsaturated/α-hetero) is 1. The average Bonchev–Trinajstić information content (AvgIpc) is 3.32. The summed E-state index contributed by atoms with van der Waals surface area (Å²) in [5, 5.41) is 5.03. The number of furan rings is 1. The SMILES string of the molecule is O=C(CSc1nc(-c2ccco2)nc2ccccc12)C1CCCN1. The van der Waals surface area contributed by atoms with Gasteiger partial charge in [-0.25, -0.2) is 9.97 Å². The molecule has 24 heavy (non-hydrogen) atoms. The summed E-state index contributed by atoms with van der Waals surface area (Å²) in [7, 11) is 0. The Balaban J connectivity index is 1.64. The Kier molecular flexibility index (Phi) is 4.32. The Labute approximate surface area is 143 Å². The number of hydrogen-bond donors (Lipinski definition) is 1. The molecule has 1 N–H and O–H groups in total. The summed E-state index contributed by atoms with van der Waals surface area (Å²) in [6, 6.07) is 11.5. The third-order valence-corrected chi connectivity index (χ3v) is 5.12. The first kappa shape index (κ1) is 15.4. The number of thioether (sulfide) groups is 1. The maximum atomic E-state index is 12.3. The highest BCUT2D eigenvalue weighted by Crippen LogP contribution is 2.29. The Morgan fingerprint density at radius 2 is 2.17 bits per heavy atom. The second-order valence-electron chi connectivity index (χ2n) is 5.75. The number of carbonyl (C=O) groups is 1. The smallest absolute Gasteiger partial charge is 0.197 e. The molecule has 1 aromatic carbocycles. The molecule has 0 spiro atoms. The van der Waals surface area contributed by atoms with Crippen molar-refractivity contribution < 1.29 is 9.21 Å². The van der Waals surface area contributed by atoms with E-state index in [1.807, 2.05) is 36.4 Å². The summed E-state index contributed by atoms with van der Waals surface area (Å²) in [6.45, 7) is 0.931. The monoisotopic (exact) mass is 339 g/mol. The van der Waals surface area contributed by atoms with Crippen molar-refractivity contribution in [2.75, 3.05) is 12.3 Å².